The van der Waals surface area contributed by atoms with Gasteiger partial charge in [-0.05, 0) is 0 Å². The van der Waals surface area contributed by atoms with Crippen LogP contribution in [0.15, 0.2) is 29.9 Å². The van der Waals surface area contributed by atoms with E-state index < -0.39 is 10.0 Å². The zero-order valence-corrected chi connectivity index (χ0v) is 9.16. The first-order valence-corrected chi connectivity index (χ1v) is 6.13. The topological polar surface area (TPSA) is 104 Å². The van der Waals surface area contributed by atoms with E-state index >= 15 is 0 Å². The van der Waals surface area contributed by atoms with Crippen molar-refractivity contribution in [2.75, 3.05) is 6.54 Å². The van der Waals surface area contributed by atoms with Crippen LogP contribution in [0.5, 0.6) is 0 Å². The Morgan fingerprint density at radius 2 is 2.25 bits per heavy atom. The Bertz CT molecular complexity index is 517. The minimum absolute atomic E-state index is 0.0620. The van der Waals surface area contributed by atoms with Crippen molar-refractivity contribution in [2.45, 2.75) is 11.4 Å². The van der Waals surface area contributed by atoms with Crippen molar-refractivity contribution in [3.8, 4) is 0 Å². The van der Waals surface area contributed by atoms with Crippen molar-refractivity contribution in [1.82, 2.24) is 24.7 Å². The third kappa shape index (κ3) is 2.47. The predicted molar refractivity (Wildman–Crippen MR) is 56.1 cm³/mol. The lowest BCUT2D eigenvalue weighted by atomic mass is 10.4. The van der Waals surface area contributed by atoms with Crippen LogP contribution in [0.2, 0.25) is 0 Å². The lowest BCUT2D eigenvalue weighted by Gasteiger charge is -2.02. The summed E-state index contributed by atoms with van der Waals surface area (Å²) in [5, 5.41) is 0.0620. The maximum absolute atomic E-state index is 11.6. The van der Waals surface area contributed by atoms with E-state index in [4.69, 9.17) is 0 Å². The van der Waals surface area contributed by atoms with Crippen LogP contribution in [0.4, 0.5) is 0 Å². The van der Waals surface area contributed by atoms with E-state index in [1.165, 1.54) is 12.5 Å². The molecule has 0 aliphatic heterocycles. The van der Waals surface area contributed by atoms with Gasteiger partial charge in [0, 0.05) is 25.4 Å². The van der Waals surface area contributed by atoms with Crippen LogP contribution in [-0.2, 0) is 16.4 Å². The molecule has 0 saturated heterocycles. The molecule has 2 aromatic rings. The monoisotopic (exact) mass is 241 g/mol. The van der Waals surface area contributed by atoms with Gasteiger partial charge in [0.05, 0.1) is 12.5 Å². The van der Waals surface area contributed by atoms with Crippen molar-refractivity contribution >= 4 is 10.0 Å². The van der Waals surface area contributed by atoms with Gasteiger partial charge in [-0.2, -0.15) is 0 Å². The number of sulfonamides is 1. The number of hydrogen-bond donors (Lipinski definition) is 3. The summed E-state index contributed by atoms with van der Waals surface area (Å²) >= 11 is 0. The molecule has 86 valence electrons. The Labute approximate surface area is 92.4 Å². The standard InChI is InChI=1S/C8H11N5O2S/c14-16(15,8-5-9-6-12-8)13-2-1-7-10-3-4-11-7/h3-6,13H,1-2H2,(H,9,12)(H,10,11). The van der Waals surface area contributed by atoms with Crippen LogP contribution in [-0.4, -0.2) is 34.9 Å². The van der Waals surface area contributed by atoms with E-state index in [9.17, 15) is 8.42 Å². The molecule has 3 N–H and O–H groups in total. The first kappa shape index (κ1) is 10.8. The quantitative estimate of drug-likeness (QED) is 0.665. The smallest absolute Gasteiger partial charge is 0.257 e. The lowest BCUT2D eigenvalue weighted by Crippen LogP contribution is -2.26. The van der Waals surface area contributed by atoms with Crippen LogP contribution in [0.1, 0.15) is 5.82 Å². The highest BCUT2D eigenvalue weighted by molar-refractivity contribution is 7.89. The molecule has 2 rings (SSSR count). The number of nitrogens with zero attached hydrogens (tertiary/aromatic N) is 2. The van der Waals surface area contributed by atoms with Crippen LogP contribution >= 0.6 is 0 Å². The molecule has 0 amide bonds. The average Bonchev–Trinajstić information content (AvgIpc) is 2.90. The number of hydrogen-bond acceptors (Lipinski definition) is 4. The molecule has 7 nitrogen and oxygen atoms in total. The second-order valence-electron chi connectivity index (χ2n) is 3.10. The van der Waals surface area contributed by atoms with Gasteiger partial charge >= 0.3 is 0 Å². The van der Waals surface area contributed by atoms with Crippen LogP contribution in [0.25, 0.3) is 0 Å². The van der Waals surface area contributed by atoms with Gasteiger partial charge in [-0.15, -0.1) is 0 Å². The predicted octanol–water partition coefficient (Wildman–Crippen LogP) is -0.346. The summed E-state index contributed by atoms with van der Waals surface area (Å²) in [6.07, 6.45) is 6.41. The molecule has 2 aromatic heterocycles. The number of rotatable bonds is 5. The Balaban J connectivity index is 1.91. The number of aromatic nitrogens is 4. The van der Waals surface area contributed by atoms with Crippen LogP contribution in [0.3, 0.4) is 0 Å². The fourth-order valence-electron chi connectivity index (χ4n) is 1.21. The molecule has 0 aromatic carbocycles. The van der Waals surface area contributed by atoms with E-state index in [1.807, 2.05) is 0 Å². The molecule has 2 heterocycles. The molecule has 0 saturated carbocycles. The highest BCUT2D eigenvalue weighted by Gasteiger charge is 2.14. The van der Waals surface area contributed by atoms with Gasteiger partial charge in [0.1, 0.15) is 5.82 Å². The molecule has 8 heteroatoms. The summed E-state index contributed by atoms with van der Waals surface area (Å²) in [4.78, 5) is 13.1. The highest BCUT2D eigenvalue weighted by Crippen LogP contribution is 2.01. The number of aromatic amines is 2. The van der Waals surface area contributed by atoms with Crippen LogP contribution in [0, 0.1) is 0 Å². The zero-order chi connectivity index (χ0) is 11.4. The third-order valence-electron chi connectivity index (χ3n) is 1.97. The molecule has 0 spiro atoms. The van der Waals surface area contributed by atoms with E-state index in [1.54, 1.807) is 12.4 Å². The largest absolute Gasteiger partial charge is 0.349 e. The molecule has 0 unspecified atom stereocenters. The maximum Gasteiger partial charge on any atom is 0.257 e. The highest BCUT2D eigenvalue weighted by atomic mass is 32.2. The van der Waals surface area contributed by atoms with Gasteiger partial charge in [-0.1, -0.05) is 0 Å². The summed E-state index contributed by atoms with van der Waals surface area (Å²) in [6.45, 7) is 0.287. The van der Waals surface area contributed by atoms with E-state index in [2.05, 4.69) is 24.7 Å². The first-order valence-electron chi connectivity index (χ1n) is 4.65. The molecular weight excluding hydrogens is 230 g/mol. The Kier molecular flexibility index (Phi) is 3.02. The zero-order valence-electron chi connectivity index (χ0n) is 8.34. The van der Waals surface area contributed by atoms with Crippen molar-refractivity contribution in [3.63, 3.8) is 0 Å². The number of H-pyrrole nitrogens is 2. The first-order chi connectivity index (χ1) is 7.68. The normalized spacial score (nSPS) is 11.8. The summed E-state index contributed by atoms with van der Waals surface area (Å²) in [6, 6.07) is 0. The molecule has 16 heavy (non-hydrogen) atoms. The minimum Gasteiger partial charge on any atom is -0.349 e. The maximum atomic E-state index is 11.6. The van der Waals surface area contributed by atoms with Crippen molar-refractivity contribution in [1.29, 1.82) is 0 Å². The molecule has 0 aliphatic rings. The van der Waals surface area contributed by atoms with E-state index in [0.717, 1.165) is 5.82 Å². The van der Waals surface area contributed by atoms with Crippen molar-refractivity contribution in [3.05, 3.63) is 30.7 Å². The molecule has 0 atom stereocenters. The fraction of sp³-hybridized carbons (Fsp3) is 0.250. The molecule has 0 fully saturated rings. The summed E-state index contributed by atoms with van der Waals surface area (Å²) in [5.74, 6) is 0.743. The summed E-state index contributed by atoms with van der Waals surface area (Å²) in [7, 11) is -3.48. The van der Waals surface area contributed by atoms with Gasteiger partial charge in [0.15, 0.2) is 5.03 Å². The van der Waals surface area contributed by atoms with Gasteiger partial charge < -0.3 is 9.97 Å². The van der Waals surface area contributed by atoms with Gasteiger partial charge in [-0.25, -0.2) is 23.1 Å². The Hall–Kier alpha value is -1.67. The third-order valence-corrected chi connectivity index (χ3v) is 3.36. The average molecular weight is 241 g/mol. The SMILES string of the molecule is O=S(=O)(NCCc1ncc[nH]1)c1cnc[nH]1. The van der Waals surface area contributed by atoms with E-state index in [0.29, 0.717) is 6.42 Å². The van der Waals surface area contributed by atoms with Crippen LogP contribution < -0.4 is 4.72 Å². The van der Waals surface area contributed by atoms with E-state index in [-0.39, 0.29) is 11.6 Å². The lowest BCUT2D eigenvalue weighted by molar-refractivity contribution is 0.578. The van der Waals surface area contributed by atoms with Gasteiger partial charge in [0.2, 0.25) is 0 Å². The number of imidazole rings is 2. The van der Waals surface area contributed by atoms with Gasteiger partial charge in [0.25, 0.3) is 10.0 Å². The van der Waals surface area contributed by atoms with Gasteiger partial charge in [-0.3, -0.25) is 0 Å². The minimum atomic E-state index is -3.48. The summed E-state index contributed by atoms with van der Waals surface area (Å²) in [5.41, 5.74) is 0. The fourth-order valence-corrected chi connectivity index (χ4v) is 2.14. The Morgan fingerprint density at radius 3 is 2.88 bits per heavy atom. The molecule has 0 bridgehead atoms. The van der Waals surface area contributed by atoms with Crippen molar-refractivity contribution in [2.24, 2.45) is 0 Å². The number of nitrogens with one attached hydrogen (secondary N) is 3. The Morgan fingerprint density at radius 1 is 1.38 bits per heavy atom. The molecule has 0 aliphatic carbocycles. The second-order valence-corrected chi connectivity index (χ2v) is 4.83. The molecule has 0 radical (unpaired) electrons. The second kappa shape index (κ2) is 4.45. The summed E-state index contributed by atoms with van der Waals surface area (Å²) < 4.78 is 25.7. The van der Waals surface area contributed by atoms with Crippen molar-refractivity contribution < 1.29 is 8.42 Å². The molecular formula is C8H11N5O2S.